The monoisotopic (exact) mass is 615 g/mol. The average Bonchev–Trinajstić information content (AvgIpc) is 3.56. The van der Waals surface area contributed by atoms with Crippen molar-refractivity contribution < 1.29 is 43.8 Å². The molecule has 0 radical (unpaired) electrons. The molecule has 2 heterocycles. The molecule has 2 aliphatic rings. The highest BCUT2D eigenvalue weighted by Gasteiger charge is 2.38. The number of hydrogen-bond donors (Lipinski definition) is 3. The lowest BCUT2D eigenvalue weighted by atomic mass is 9.78. The second kappa shape index (κ2) is 14.2. The van der Waals surface area contributed by atoms with Crippen LogP contribution in [0.25, 0.3) is 5.57 Å². The number of unbranched alkanes of at least 4 members (excludes halogenated alkanes) is 1. The first-order chi connectivity index (χ1) is 20.9. The molecule has 1 saturated heterocycles. The van der Waals surface area contributed by atoms with Crippen LogP contribution in [0, 0.1) is 5.92 Å². The van der Waals surface area contributed by atoms with Crippen molar-refractivity contribution >= 4 is 29.0 Å². The fraction of sp³-hybridized carbons (Fsp3) is 0.567. The van der Waals surface area contributed by atoms with Gasteiger partial charge in [0.2, 0.25) is 0 Å². The quantitative estimate of drug-likeness (QED) is 0.143. The zero-order chi connectivity index (χ0) is 32.0. The summed E-state index contributed by atoms with van der Waals surface area (Å²) in [6, 6.07) is 4.96. The highest BCUT2D eigenvalue weighted by molar-refractivity contribution is 6.01. The number of phenols is 1. The zero-order valence-corrected chi connectivity index (χ0v) is 25.8. The fourth-order valence-corrected chi connectivity index (χ4v) is 5.28. The molecule has 1 aliphatic heterocycles. The second-order valence-corrected chi connectivity index (χ2v) is 12.0. The summed E-state index contributed by atoms with van der Waals surface area (Å²) in [5.41, 5.74) is 2.19. The van der Waals surface area contributed by atoms with Crippen molar-refractivity contribution in [2.75, 3.05) is 51.8 Å². The van der Waals surface area contributed by atoms with Crippen LogP contribution >= 0.6 is 0 Å². The molecular formula is C30H43N6O8+. The SMILES string of the molecule is CCCC[N+](C)(C)Cc1cn(CCN(CCOCC(=O)ON2C(=O)CCC2=O)c2ccc(C3=C(O)C(C)C3O)c(O)c2)nn1. The Morgan fingerprint density at radius 3 is 2.55 bits per heavy atom. The van der Waals surface area contributed by atoms with E-state index in [9.17, 15) is 29.7 Å². The number of aliphatic hydroxyl groups is 2. The number of aliphatic hydroxyl groups excluding tert-OH is 2. The number of carbonyl (C=O) groups excluding carboxylic acids is 3. The molecule has 0 saturated carbocycles. The minimum Gasteiger partial charge on any atom is -0.512 e. The van der Waals surface area contributed by atoms with Gasteiger partial charge in [0.15, 0.2) is 0 Å². The summed E-state index contributed by atoms with van der Waals surface area (Å²) < 4.78 is 8.06. The first kappa shape index (κ1) is 32.9. The van der Waals surface area contributed by atoms with Gasteiger partial charge in [0.1, 0.15) is 30.4 Å². The van der Waals surface area contributed by atoms with Crippen molar-refractivity contribution in [3.8, 4) is 5.75 Å². The Labute approximate surface area is 256 Å². The van der Waals surface area contributed by atoms with Crippen LogP contribution in [0.3, 0.4) is 0 Å². The Balaban J connectivity index is 1.40. The molecule has 1 aromatic heterocycles. The largest absolute Gasteiger partial charge is 0.512 e. The van der Waals surface area contributed by atoms with Gasteiger partial charge in [0, 0.05) is 54.7 Å². The third-order valence-corrected chi connectivity index (χ3v) is 7.93. The number of amides is 2. The number of aromatic nitrogens is 3. The first-order valence-electron chi connectivity index (χ1n) is 14.9. The van der Waals surface area contributed by atoms with Crippen molar-refractivity contribution in [2.45, 2.75) is 58.7 Å². The van der Waals surface area contributed by atoms with E-state index < -0.39 is 36.4 Å². The van der Waals surface area contributed by atoms with E-state index in [4.69, 9.17) is 9.57 Å². The van der Waals surface area contributed by atoms with Crippen LogP contribution in [0.4, 0.5) is 5.69 Å². The van der Waals surface area contributed by atoms with E-state index in [-0.39, 0.29) is 31.0 Å². The standard InChI is InChI=1S/C30H42N6O8/c1-5-6-14-36(3,4)18-21-17-34(32-31-21)12-11-33(13-15-43-19-27(40)44-35-25(38)9-10-26(35)39)22-7-8-23(24(37)16-22)28-29(41)20(2)30(28)42/h7-8,16-17,20,29,41H,5-6,9-15,18-19H2,1-4H3,(H-,31,32,37,42)/p+1. The summed E-state index contributed by atoms with van der Waals surface area (Å²) in [4.78, 5) is 42.3. The number of benzene rings is 1. The highest BCUT2D eigenvalue weighted by atomic mass is 16.7. The second-order valence-electron chi connectivity index (χ2n) is 12.0. The number of imide groups is 1. The molecule has 1 aliphatic carbocycles. The summed E-state index contributed by atoms with van der Waals surface area (Å²) in [6.07, 6.45) is 3.32. The molecule has 14 nitrogen and oxygen atoms in total. The minimum absolute atomic E-state index is 0.00542. The van der Waals surface area contributed by atoms with Crippen LogP contribution in [0.5, 0.6) is 5.75 Å². The number of hydroxylamine groups is 2. The minimum atomic E-state index is -0.866. The number of carbonyl (C=O) groups is 3. The van der Waals surface area contributed by atoms with E-state index >= 15 is 0 Å². The van der Waals surface area contributed by atoms with E-state index in [0.717, 1.165) is 36.1 Å². The van der Waals surface area contributed by atoms with E-state index in [1.165, 1.54) is 0 Å². The maximum absolute atomic E-state index is 12.1. The normalized spacial score (nSPS) is 18.6. The summed E-state index contributed by atoms with van der Waals surface area (Å²) in [5.74, 6) is -2.43. The van der Waals surface area contributed by atoms with Gasteiger partial charge >= 0.3 is 5.97 Å². The topological polar surface area (TPSA) is 168 Å². The molecule has 2 atom stereocenters. The number of nitrogens with zero attached hydrogens (tertiary/aromatic N) is 6. The van der Waals surface area contributed by atoms with Crippen LogP contribution in [0.15, 0.2) is 30.2 Å². The number of rotatable bonds is 16. The van der Waals surface area contributed by atoms with Gasteiger partial charge < -0.3 is 34.3 Å². The summed E-state index contributed by atoms with van der Waals surface area (Å²) in [5, 5.41) is 40.4. The van der Waals surface area contributed by atoms with Crippen LogP contribution in [-0.4, -0.2) is 111 Å². The predicted molar refractivity (Wildman–Crippen MR) is 159 cm³/mol. The van der Waals surface area contributed by atoms with E-state index in [2.05, 4.69) is 31.3 Å². The third-order valence-electron chi connectivity index (χ3n) is 7.93. The molecule has 1 fully saturated rings. The van der Waals surface area contributed by atoms with E-state index in [1.54, 1.807) is 29.8 Å². The molecule has 2 unspecified atom stereocenters. The third kappa shape index (κ3) is 7.92. The highest BCUT2D eigenvalue weighted by Crippen LogP contribution is 2.43. The molecule has 3 N–H and O–H groups in total. The molecule has 0 bridgehead atoms. The van der Waals surface area contributed by atoms with Gasteiger partial charge in [0.25, 0.3) is 11.8 Å². The number of anilines is 1. The Hall–Kier alpha value is -4.01. The van der Waals surface area contributed by atoms with Gasteiger partial charge in [0.05, 0.1) is 46.1 Å². The smallest absolute Gasteiger partial charge is 0.358 e. The van der Waals surface area contributed by atoms with Gasteiger partial charge in [-0.2, -0.15) is 0 Å². The van der Waals surface area contributed by atoms with E-state index in [0.29, 0.717) is 41.5 Å². The number of hydrogen-bond acceptors (Lipinski definition) is 11. The molecular weight excluding hydrogens is 572 g/mol. The average molecular weight is 616 g/mol. The molecule has 240 valence electrons. The van der Waals surface area contributed by atoms with Gasteiger partial charge in [-0.1, -0.05) is 25.5 Å². The lowest BCUT2D eigenvalue weighted by Crippen LogP contribution is -2.39. The molecule has 1 aromatic carbocycles. The van der Waals surface area contributed by atoms with Crippen molar-refractivity contribution in [1.82, 2.24) is 20.1 Å². The summed E-state index contributed by atoms with van der Waals surface area (Å²) in [7, 11) is 4.34. The molecule has 14 heteroatoms. The number of phenolic OH excluding ortho intramolecular Hbond substituents is 1. The van der Waals surface area contributed by atoms with Crippen LogP contribution < -0.4 is 4.90 Å². The van der Waals surface area contributed by atoms with Gasteiger partial charge in [-0.05, 0) is 18.6 Å². The Bertz CT molecular complexity index is 1370. The van der Waals surface area contributed by atoms with Crippen molar-refractivity contribution in [3.05, 3.63) is 41.4 Å². The van der Waals surface area contributed by atoms with Crippen molar-refractivity contribution in [3.63, 3.8) is 0 Å². The lowest BCUT2D eigenvalue weighted by Gasteiger charge is -2.33. The lowest BCUT2D eigenvalue weighted by molar-refractivity contribution is -0.904. The van der Waals surface area contributed by atoms with E-state index in [1.807, 2.05) is 11.1 Å². The maximum atomic E-state index is 12.1. The van der Waals surface area contributed by atoms with Crippen molar-refractivity contribution in [2.24, 2.45) is 5.92 Å². The summed E-state index contributed by atoms with van der Waals surface area (Å²) in [6.45, 7) is 6.53. The van der Waals surface area contributed by atoms with Gasteiger partial charge in [-0.15, -0.1) is 10.2 Å². The van der Waals surface area contributed by atoms with Crippen LogP contribution in [0.1, 0.15) is 50.8 Å². The summed E-state index contributed by atoms with van der Waals surface area (Å²) >= 11 is 0. The Kier molecular flexibility index (Phi) is 10.6. The van der Waals surface area contributed by atoms with Gasteiger partial charge in [-0.25, -0.2) is 4.79 Å². The molecule has 4 rings (SSSR count). The number of aromatic hydroxyl groups is 1. The molecule has 44 heavy (non-hydrogen) atoms. The Morgan fingerprint density at radius 1 is 1.16 bits per heavy atom. The maximum Gasteiger partial charge on any atom is 0.358 e. The predicted octanol–water partition coefficient (Wildman–Crippen LogP) is 1.77. The van der Waals surface area contributed by atoms with Crippen molar-refractivity contribution in [1.29, 1.82) is 0 Å². The molecule has 2 amide bonds. The first-order valence-corrected chi connectivity index (χ1v) is 14.9. The van der Waals surface area contributed by atoms with Gasteiger partial charge in [-0.3, -0.25) is 14.3 Å². The number of quaternary nitrogens is 1. The van der Waals surface area contributed by atoms with Crippen LogP contribution in [0.2, 0.25) is 0 Å². The molecule has 0 spiro atoms. The number of ether oxygens (including phenoxy) is 1. The molecule has 2 aromatic rings. The van der Waals surface area contributed by atoms with Crippen LogP contribution in [-0.2, 0) is 37.0 Å². The zero-order valence-electron chi connectivity index (χ0n) is 25.8. The Morgan fingerprint density at radius 2 is 1.89 bits per heavy atom. The fourth-order valence-electron chi connectivity index (χ4n) is 5.28.